The van der Waals surface area contributed by atoms with Crippen LogP contribution >= 0.6 is 0 Å². The van der Waals surface area contributed by atoms with E-state index in [9.17, 15) is 0 Å². The highest BCUT2D eigenvalue weighted by Gasteiger charge is 2.35. The van der Waals surface area contributed by atoms with Crippen LogP contribution in [0.3, 0.4) is 0 Å². The molecule has 2 aliphatic carbocycles. The molecule has 0 aromatic heterocycles. The van der Waals surface area contributed by atoms with Crippen LogP contribution in [0, 0.1) is 0 Å². The van der Waals surface area contributed by atoms with E-state index < -0.39 is 0 Å². The Morgan fingerprint density at radius 1 is 1.21 bits per heavy atom. The molecule has 82 valence electrons. The highest BCUT2D eigenvalue weighted by molar-refractivity contribution is 4.96. The topological polar surface area (TPSA) is 38.0 Å². The van der Waals surface area contributed by atoms with E-state index >= 15 is 0 Å². The van der Waals surface area contributed by atoms with Crippen LogP contribution in [0.4, 0.5) is 0 Å². The molecule has 2 rings (SSSR count). The van der Waals surface area contributed by atoms with Crippen molar-refractivity contribution in [3.05, 3.63) is 0 Å². The van der Waals surface area contributed by atoms with Crippen LogP contribution in [0.2, 0.25) is 0 Å². The maximum atomic E-state index is 5.96. The third-order valence-electron chi connectivity index (χ3n) is 4.28. The minimum absolute atomic E-state index is 0.445. The van der Waals surface area contributed by atoms with Gasteiger partial charge in [0.05, 0.1) is 0 Å². The van der Waals surface area contributed by atoms with Gasteiger partial charge in [0.2, 0.25) is 0 Å². The lowest BCUT2D eigenvalue weighted by Crippen LogP contribution is -2.55. The van der Waals surface area contributed by atoms with E-state index in [2.05, 4.69) is 12.2 Å². The van der Waals surface area contributed by atoms with Crippen molar-refractivity contribution in [3.63, 3.8) is 0 Å². The molecule has 2 saturated carbocycles. The summed E-state index contributed by atoms with van der Waals surface area (Å²) in [5, 5.41) is 3.88. The first-order chi connectivity index (χ1) is 6.74. The number of hydrogen-bond donors (Lipinski definition) is 2. The van der Waals surface area contributed by atoms with Gasteiger partial charge >= 0.3 is 0 Å². The molecule has 0 aliphatic heterocycles. The summed E-state index contributed by atoms with van der Waals surface area (Å²) in [5.41, 5.74) is 6.41. The Kier molecular flexibility index (Phi) is 3.13. The average molecular weight is 196 g/mol. The standard InChI is InChI=1S/C12H24N2/c1-2-12(14-11-4-3-5-11)8-6-10(13)7-9-12/h10-11,14H,2-9,13H2,1H3. The molecule has 2 heteroatoms. The Hall–Kier alpha value is -0.0800. The van der Waals surface area contributed by atoms with Gasteiger partial charge in [-0.3, -0.25) is 0 Å². The van der Waals surface area contributed by atoms with Gasteiger partial charge in [0.25, 0.3) is 0 Å². The first-order valence-corrected chi connectivity index (χ1v) is 6.27. The first kappa shape index (κ1) is 10.4. The van der Waals surface area contributed by atoms with Crippen LogP contribution in [0.25, 0.3) is 0 Å². The molecule has 0 radical (unpaired) electrons. The van der Waals surface area contributed by atoms with Crippen LogP contribution in [-0.2, 0) is 0 Å². The zero-order chi connectivity index (χ0) is 10.0. The Balaban J connectivity index is 1.88. The summed E-state index contributed by atoms with van der Waals surface area (Å²) in [4.78, 5) is 0. The maximum absolute atomic E-state index is 5.96. The van der Waals surface area contributed by atoms with E-state index in [4.69, 9.17) is 5.73 Å². The second kappa shape index (κ2) is 4.19. The number of rotatable bonds is 3. The van der Waals surface area contributed by atoms with Crippen molar-refractivity contribution in [2.45, 2.75) is 75.9 Å². The summed E-state index contributed by atoms with van der Waals surface area (Å²) in [6.07, 6.45) is 10.5. The Labute approximate surface area is 87.6 Å². The van der Waals surface area contributed by atoms with Gasteiger partial charge < -0.3 is 11.1 Å². The smallest absolute Gasteiger partial charge is 0.0182 e. The lowest BCUT2D eigenvalue weighted by atomic mass is 9.76. The van der Waals surface area contributed by atoms with Gasteiger partial charge in [-0.05, 0) is 44.9 Å². The van der Waals surface area contributed by atoms with Crippen molar-refractivity contribution in [1.29, 1.82) is 0 Å². The van der Waals surface area contributed by atoms with Crippen molar-refractivity contribution in [3.8, 4) is 0 Å². The molecule has 2 aliphatic rings. The molecule has 0 saturated heterocycles. The molecule has 0 aromatic rings. The minimum atomic E-state index is 0.445. The molecule has 0 aromatic carbocycles. The molecule has 2 fully saturated rings. The molecule has 0 atom stereocenters. The van der Waals surface area contributed by atoms with Crippen molar-refractivity contribution < 1.29 is 0 Å². The van der Waals surface area contributed by atoms with Gasteiger partial charge in [0, 0.05) is 17.6 Å². The highest BCUT2D eigenvalue weighted by atomic mass is 15.0. The summed E-state index contributed by atoms with van der Waals surface area (Å²) in [6, 6.07) is 1.29. The lowest BCUT2D eigenvalue weighted by Gasteiger charge is -2.44. The van der Waals surface area contributed by atoms with Crippen LogP contribution in [0.1, 0.15) is 58.3 Å². The van der Waals surface area contributed by atoms with Gasteiger partial charge in [-0.15, -0.1) is 0 Å². The van der Waals surface area contributed by atoms with Gasteiger partial charge in [0.1, 0.15) is 0 Å². The van der Waals surface area contributed by atoms with Gasteiger partial charge in [-0.1, -0.05) is 13.3 Å². The molecule has 0 unspecified atom stereocenters. The second-order valence-corrected chi connectivity index (χ2v) is 5.24. The largest absolute Gasteiger partial charge is 0.328 e. The zero-order valence-electron chi connectivity index (χ0n) is 9.39. The van der Waals surface area contributed by atoms with Crippen molar-refractivity contribution in [2.24, 2.45) is 5.73 Å². The summed E-state index contributed by atoms with van der Waals surface area (Å²) < 4.78 is 0. The Morgan fingerprint density at radius 3 is 2.29 bits per heavy atom. The fraction of sp³-hybridized carbons (Fsp3) is 1.00. The third-order valence-corrected chi connectivity index (χ3v) is 4.28. The highest BCUT2D eigenvalue weighted by Crippen LogP contribution is 2.33. The molecule has 0 heterocycles. The van der Waals surface area contributed by atoms with E-state index in [0.717, 1.165) is 6.04 Å². The summed E-state index contributed by atoms with van der Waals surface area (Å²) >= 11 is 0. The molecule has 0 bridgehead atoms. The predicted octanol–water partition coefficient (Wildman–Crippen LogP) is 2.18. The van der Waals surface area contributed by atoms with Crippen LogP contribution in [0.5, 0.6) is 0 Å². The van der Waals surface area contributed by atoms with Crippen molar-refractivity contribution in [2.75, 3.05) is 0 Å². The summed E-state index contributed by atoms with van der Waals surface area (Å²) in [6.45, 7) is 2.32. The third kappa shape index (κ3) is 2.12. The second-order valence-electron chi connectivity index (χ2n) is 5.24. The average Bonchev–Trinajstić information content (AvgIpc) is 2.15. The van der Waals surface area contributed by atoms with Crippen molar-refractivity contribution in [1.82, 2.24) is 5.32 Å². The zero-order valence-corrected chi connectivity index (χ0v) is 9.39. The summed E-state index contributed by atoms with van der Waals surface area (Å²) in [7, 11) is 0. The van der Waals surface area contributed by atoms with Gasteiger partial charge in [0.15, 0.2) is 0 Å². The quantitative estimate of drug-likeness (QED) is 0.726. The summed E-state index contributed by atoms with van der Waals surface area (Å²) in [5.74, 6) is 0. The van der Waals surface area contributed by atoms with E-state index in [1.54, 1.807) is 0 Å². The number of nitrogens with two attached hydrogens (primary N) is 1. The molecular formula is C12H24N2. The van der Waals surface area contributed by atoms with E-state index in [-0.39, 0.29) is 0 Å². The minimum Gasteiger partial charge on any atom is -0.328 e. The SMILES string of the molecule is CCC1(NC2CCC2)CCC(N)CC1. The molecule has 3 N–H and O–H groups in total. The van der Waals surface area contributed by atoms with Crippen LogP contribution < -0.4 is 11.1 Å². The first-order valence-electron chi connectivity index (χ1n) is 6.27. The predicted molar refractivity (Wildman–Crippen MR) is 60.2 cm³/mol. The lowest BCUT2D eigenvalue weighted by molar-refractivity contribution is 0.157. The molecule has 14 heavy (non-hydrogen) atoms. The Morgan fingerprint density at radius 2 is 1.86 bits per heavy atom. The molecule has 0 spiro atoms. The molecular weight excluding hydrogens is 172 g/mol. The van der Waals surface area contributed by atoms with Gasteiger partial charge in [-0.2, -0.15) is 0 Å². The normalized spacial score (nSPS) is 39.4. The number of hydrogen-bond acceptors (Lipinski definition) is 2. The number of nitrogens with one attached hydrogen (secondary N) is 1. The molecule has 2 nitrogen and oxygen atoms in total. The van der Waals surface area contributed by atoms with E-state index in [1.165, 1.54) is 51.4 Å². The van der Waals surface area contributed by atoms with E-state index in [0.29, 0.717) is 11.6 Å². The van der Waals surface area contributed by atoms with Crippen LogP contribution in [-0.4, -0.2) is 17.6 Å². The Bertz CT molecular complexity index is 179. The van der Waals surface area contributed by atoms with E-state index in [1.807, 2.05) is 0 Å². The molecule has 0 amide bonds. The fourth-order valence-corrected chi connectivity index (χ4v) is 2.78. The maximum Gasteiger partial charge on any atom is 0.0182 e. The van der Waals surface area contributed by atoms with Crippen LogP contribution in [0.15, 0.2) is 0 Å². The fourth-order valence-electron chi connectivity index (χ4n) is 2.78. The monoisotopic (exact) mass is 196 g/mol. The van der Waals surface area contributed by atoms with Gasteiger partial charge in [-0.25, -0.2) is 0 Å². The van der Waals surface area contributed by atoms with Crippen molar-refractivity contribution >= 4 is 0 Å².